The van der Waals surface area contributed by atoms with Gasteiger partial charge in [0.1, 0.15) is 0 Å². The maximum Gasteiger partial charge on any atom is 0.167 e. The van der Waals surface area contributed by atoms with Gasteiger partial charge in [0, 0.05) is 19.3 Å². The summed E-state index contributed by atoms with van der Waals surface area (Å²) < 4.78 is 13.6. The van der Waals surface area contributed by atoms with E-state index < -0.39 is 0 Å². The summed E-state index contributed by atoms with van der Waals surface area (Å²) in [5.74, 6) is 0.617. The fraction of sp³-hybridized carbons (Fsp3) is 0.545. The van der Waals surface area contributed by atoms with E-state index in [9.17, 15) is 4.39 Å². The zero-order valence-corrected chi connectivity index (χ0v) is 9.75. The van der Waals surface area contributed by atoms with Crippen LogP contribution in [0.4, 0.5) is 10.2 Å². The summed E-state index contributed by atoms with van der Waals surface area (Å²) in [6.07, 6.45) is 3.53. The predicted octanol–water partition coefficient (Wildman–Crippen LogP) is 2.05. The third kappa shape index (κ3) is 2.44. The summed E-state index contributed by atoms with van der Waals surface area (Å²) >= 11 is 5.66. The second-order valence-corrected chi connectivity index (χ2v) is 4.57. The van der Waals surface area contributed by atoms with Crippen LogP contribution in [0.2, 0.25) is 5.02 Å². The molecule has 1 unspecified atom stereocenters. The Kier molecular flexibility index (Phi) is 3.61. The van der Waals surface area contributed by atoms with Crippen molar-refractivity contribution in [3.05, 3.63) is 23.1 Å². The molecule has 1 aromatic heterocycles. The lowest BCUT2D eigenvalue weighted by molar-refractivity contribution is 0.544. The van der Waals surface area contributed by atoms with Crippen molar-refractivity contribution >= 4 is 17.4 Å². The molecule has 16 heavy (non-hydrogen) atoms. The summed E-state index contributed by atoms with van der Waals surface area (Å²) in [4.78, 5) is 6.01. The number of halogens is 2. The maximum atomic E-state index is 13.6. The lowest BCUT2D eigenvalue weighted by Gasteiger charge is -2.17. The van der Waals surface area contributed by atoms with Crippen LogP contribution in [-0.4, -0.2) is 24.6 Å². The minimum absolute atomic E-state index is 0.332. The summed E-state index contributed by atoms with van der Waals surface area (Å²) in [6.45, 7) is 2.37. The molecule has 1 fully saturated rings. The van der Waals surface area contributed by atoms with Crippen molar-refractivity contribution in [1.82, 2.24) is 4.98 Å². The molecule has 1 saturated heterocycles. The average Bonchev–Trinajstić information content (AvgIpc) is 2.67. The third-order valence-electron chi connectivity index (χ3n) is 2.95. The molecule has 0 radical (unpaired) electrons. The van der Waals surface area contributed by atoms with Crippen LogP contribution in [0.25, 0.3) is 0 Å². The summed E-state index contributed by atoms with van der Waals surface area (Å²) in [5.41, 5.74) is 5.52. The fourth-order valence-electron chi connectivity index (χ4n) is 2.14. The molecule has 3 nitrogen and oxygen atoms in total. The van der Waals surface area contributed by atoms with Gasteiger partial charge in [-0.15, -0.1) is 0 Å². The Balaban J connectivity index is 2.08. The maximum absolute atomic E-state index is 13.6. The zero-order valence-electron chi connectivity index (χ0n) is 9.00. The number of hydrogen-bond donors (Lipinski definition) is 1. The first kappa shape index (κ1) is 11.6. The first-order valence-electron chi connectivity index (χ1n) is 5.46. The van der Waals surface area contributed by atoms with Crippen LogP contribution < -0.4 is 10.6 Å². The van der Waals surface area contributed by atoms with E-state index in [2.05, 4.69) is 4.98 Å². The lowest BCUT2D eigenvalue weighted by atomic mass is 10.1. The fourth-order valence-corrected chi connectivity index (χ4v) is 2.28. The van der Waals surface area contributed by atoms with E-state index in [1.54, 1.807) is 0 Å². The third-order valence-corrected chi connectivity index (χ3v) is 3.16. The molecular weight excluding hydrogens is 229 g/mol. The minimum atomic E-state index is -0.346. The van der Waals surface area contributed by atoms with Gasteiger partial charge in [-0.25, -0.2) is 9.37 Å². The summed E-state index contributed by atoms with van der Waals surface area (Å²) in [6, 6.07) is 1.31. The van der Waals surface area contributed by atoms with Crippen LogP contribution in [-0.2, 0) is 0 Å². The van der Waals surface area contributed by atoms with Crippen LogP contribution in [0.3, 0.4) is 0 Å². The first-order valence-corrected chi connectivity index (χ1v) is 5.84. The molecule has 0 bridgehead atoms. The lowest BCUT2D eigenvalue weighted by Crippen LogP contribution is -2.22. The quantitative estimate of drug-likeness (QED) is 0.884. The van der Waals surface area contributed by atoms with Crippen molar-refractivity contribution in [2.45, 2.75) is 12.8 Å². The number of rotatable bonds is 3. The van der Waals surface area contributed by atoms with Gasteiger partial charge in [0.15, 0.2) is 11.6 Å². The van der Waals surface area contributed by atoms with Gasteiger partial charge in [-0.1, -0.05) is 11.6 Å². The highest BCUT2D eigenvalue weighted by Crippen LogP contribution is 2.26. The Hall–Kier alpha value is -0.870. The van der Waals surface area contributed by atoms with Crippen LogP contribution in [0, 0.1) is 11.7 Å². The van der Waals surface area contributed by atoms with Crippen molar-refractivity contribution in [3.8, 4) is 0 Å². The molecular formula is C11H15ClFN3. The second-order valence-electron chi connectivity index (χ2n) is 4.14. The van der Waals surface area contributed by atoms with Crippen molar-refractivity contribution < 1.29 is 4.39 Å². The normalized spacial score (nSPS) is 20.4. The number of aromatic nitrogens is 1. The average molecular weight is 244 g/mol. The molecule has 0 aromatic carbocycles. The molecule has 2 rings (SSSR count). The highest BCUT2D eigenvalue weighted by Gasteiger charge is 2.24. The van der Waals surface area contributed by atoms with Gasteiger partial charge >= 0.3 is 0 Å². The highest BCUT2D eigenvalue weighted by atomic mass is 35.5. The van der Waals surface area contributed by atoms with Crippen molar-refractivity contribution in [2.75, 3.05) is 24.5 Å². The van der Waals surface area contributed by atoms with Gasteiger partial charge in [-0.05, 0) is 31.4 Å². The summed E-state index contributed by atoms with van der Waals surface area (Å²) in [5, 5.41) is 0.332. The van der Waals surface area contributed by atoms with Crippen LogP contribution >= 0.6 is 11.6 Å². The van der Waals surface area contributed by atoms with E-state index in [0.717, 1.165) is 25.9 Å². The SMILES string of the molecule is NCCC1CCN(c2ncc(Cl)cc2F)C1. The highest BCUT2D eigenvalue weighted by molar-refractivity contribution is 6.30. The van der Waals surface area contributed by atoms with Crippen molar-refractivity contribution in [1.29, 1.82) is 0 Å². The largest absolute Gasteiger partial charge is 0.354 e. The van der Waals surface area contributed by atoms with E-state index in [1.165, 1.54) is 12.3 Å². The van der Waals surface area contributed by atoms with Gasteiger partial charge in [-0.2, -0.15) is 0 Å². The van der Waals surface area contributed by atoms with Crippen LogP contribution in [0.15, 0.2) is 12.3 Å². The monoisotopic (exact) mass is 243 g/mol. The molecule has 1 aliphatic rings. The Bertz CT molecular complexity index is 372. The molecule has 0 saturated carbocycles. The van der Waals surface area contributed by atoms with E-state index in [4.69, 9.17) is 17.3 Å². The van der Waals surface area contributed by atoms with Gasteiger partial charge in [-0.3, -0.25) is 0 Å². The summed E-state index contributed by atoms with van der Waals surface area (Å²) in [7, 11) is 0. The zero-order chi connectivity index (χ0) is 11.5. The Morgan fingerprint density at radius 1 is 1.62 bits per heavy atom. The molecule has 0 amide bonds. The smallest absolute Gasteiger partial charge is 0.167 e. The van der Waals surface area contributed by atoms with Gasteiger partial charge in [0.05, 0.1) is 5.02 Å². The number of anilines is 1. The predicted molar refractivity (Wildman–Crippen MR) is 63.2 cm³/mol. The second kappa shape index (κ2) is 4.97. The Morgan fingerprint density at radius 2 is 2.44 bits per heavy atom. The number of nitrogens with zero attached hydrogens (tertiary/aromatic N) is 2. The minimum Gasteiger partial charge on any atom is -0.354 e. The van der Waals surface area contributed by atoms with Crippen molar-refractivity contribution in [3.63, 3.8) is 0 Å². The molecule has 5 heteroatoms. The van der Waals surface area contributed by atoms with E-state index in [-0.39, 0.29) is 5.82 Å². The molecule has 88 valence electrons. The first-order chi connectivity index (χ1) is 7.70. The molecule has 2 heterocycles. The van der Waals surface area contributed by atoms with E-state index >= 15 is 0 Å². The molecule has 1 aromatic rings. The van der Waals surface area contributed by atoms with Crippen LogP contribution in [0.1, 0.15) is 12.8 Å². The topological polar surface area (TPSA) is 42.1 Å². The van der Waals surface area contributed by atoms with Gasteiger partial charge < -0.3 is 10.6 Å². The molecule has 2 N–H and O–H groups in total. The van der Waals surface area contributed by atoms with Gasteiger partial charge in [0.2, 0.25) is 0 Å². The standard InChI is InChI=1S/C11H15ClFN3/c12-9-5-10(13)11(15-6-9)16-4-2-8(7-16)1-3-14/h5-6,8H,1-4,7,14H2. The molecule has 0 spiro atoms. The Labute approximate surface area is 99.4 Å². The molecule has 0 aliphatic carbocycles. The van der Waals surface area contributed by atoms with E-state index in [1.807, 2.05) is 4.90 Å². The Morgan fingerprint density at radius 3 is 3.12 bits per heavy atom. The number of nitrogens with two attached hydrogens (primary N) is 1. The number of hydrogen-bond acceptors (Lipinski definition) is 3. The van der Waals surface area contributed by atoms with Crippen LogP contribution in [0.5, 0.6) is 0 Å². The van der Waals surface area contributed by atoms with Gasteiger partial charge in [0.25, 0.3) is 0 Å². The molecule has 1 aliphatic heterocycles. The van der Waals surface area contributed by atoms with Crippen molar-refractivity contribution in [2.24, 2.45) is 11.7 Å². The van der Waals surface area contributed by atoms with E-state index in [0.29, 0.717) is 23.3 Å². The molecule has 1 atom stereocenters. The number of pyridine rings is 1.